The van der Waals surface area contributed by atoms with Crippen molar-refractivity contribution in [3.63, 3.8) is 0 Å². The van der Waals surface area contributed by atoms with Crippen LogP contribution in [-0.4, -0.2) is 40.1 Å². The van der Waals surface area contributed by atoms with Gasteiger partial charge in [-0.25, -0.2) is 4.79 Å². The van der Waals surface area contributed by atoms with Gasteiger partial charge in [-0.1, -0.05) is 81.6 Å². The Kier molecular flexibility index (Phi) is 14.3. The van der Waals surface area contributed by atoms with Crippen LogP contribution in [0.1, 0.15) is 109 Å². The molecule has 6 nitrogen and oxygen atoms in total. The van der Waals surface area contributed by atoms with Crippen LogP contribution in [0.2, 0.25) is 0 Å². The Hall–Kier alpha value is -3.64. The van der Waals surface area contributed by atoms with Gasteiger partial charge in [-0.15, -0.1) is 0 Å². The van der Waals surface area contributed by atoms with Gasteiger partial charge in [0, 0.05) is 19.5 Å². The van der Waals surface area contributed by atoms with E-state index in [-0.39, 0.29) is 12.0 Å². The van der Waals surface area contributed by atoms with Crippen molar-refractivity contribution >= 4 is 11.9 Å². The second-order valence-corrected chi connectivity index (χ2v) is 11.4. The number of aromatic carboxylic acids is 1. The van der Waals surface area contributed by atoms with Crippen LogP contribution in [0.5, 0.6) is 5.75 Å². The van der Waals surface area contributed by atoms with Crippen LogP contribution in [0.3, 0.4) is 0 Å². The van der Waals surface area contributed by atoms with Crippen molar-refractivity contribution in [1.29, 1.82) is 0 Å². The van der Waals surface area contributed by atoms with Crippen LogP contribution in [0.4, 0.5) is 0 Å². The summed E-state index contributed by atoms with van der Waals surface area (Å²) in [5, 5.41) is 18.2. The van der Waals surface area contributed by atoms with Crippen molar-refractivity contribution in [1.82, 2.24) is 4.90 Å². The van der Waals surface area contributed by atoms with E-state index < -0.39 is 11.9 Å². The van der Waals surface area contributed by atoms with Crippen molar-refractivity contribution in [2.45, 2.75) is 97.6 Å². The molecule has 4 rings (SSSR count). The van der Waals surface area contributed by atoms with Crippen LogP contribution in [-0.2, 0) is 24.4 Å². The van der Waals surface area contributed by atoms with Crippen molar-refractivity contribution in [2.75, 3.05) is 13.1 Å². The summed E-state index contributed by atoms with van der Waals surface area (Å²) >= 11 is 0. The van der Waals surface area contributed by atoms with Crippen LogP contribution < -0.4 is 4.74 Å². The third-order valence-corrected chi connectivity index (χ3v) is 8.09. The third-order valence-electron chi connectivity index (χ3n) is 8.09. The monoisotopic (exact) mass is 587 g/mol. The Morgan fingerprint density at radius 3 is 2.16 bits per heavy atom. The number of carbonyl (C=O) groups is 2. The molecule has 6 heteroatoms. The summed E-state index contributed by atoms with van der Waals surface area (Å²) in [6.07, 6.45) is 9.00. The smallest absolute Gasteiger partial charge is 0.335 e. The minimum absolute atomic E-state index is 0.165. The van der Waals surface area contributed by atoms with E-state index >= 15 is 0 Å². The van der Waals surface area contributed by atoms with Gasteiger partial charge in [0.15, 0.2) is 0 Å². The van der Waals surface area contributed by atoms with E-state index in [1.807, 2.05) is 26.0 Å². The van der Waals surface area contributed by atoms with Gasteiger partial charge < -0.3 is 14.9 Å². The second-order valence-electron chi connectivity index (χ2n) is 11.4. The fourth-order valence-electron chi connectivity index (χ4n) is 5.66. The van der Waals surface area contributed by atoms with Crippen molar-refractivity contribution in [3.8, 4) is 5.75 Å². The molecule has 0 bridgehead atoms. The van der Waals surface area contributed by atoms with Gasteiger partial charge >= 0.3 is 11.9 Å². The van der Waals surface area contributed by atoms with E-state index in [0.29, 0.717) is 25.5 Å². The van der Waals surface area contributed by atoms with Crippen molar-refractivity contribution in [2.24, 2.45) is 0 Å². The van der Waals surface area contributed by atoms with Crippen LogP contribution >= 0.6 is 0 Å². The molecule has 2 N–H and O–H groups in total. The summed E-state index contributed by atoms with van der Waals surface area (Å²) in [4.78, 5) is 24.5. The number of ether oxygens (including phenoxy) is 1. The summed E-state index contributed by atoms with van der Waals surface area (Å²) in [5.74, 6) is -0.109. The molecule has 232 valence electrons. The number of unbranched alkanes of at least 4 members (excludes halogenated alkanes) is 1. The summed E-state index contributed by atoms with van der Waals surface area (Å²) in [7, 11) is 0. The average Bonchev–Trinajstić information content (AvgIpc) is 3.03. The number of hydrogen-bond donors (Lipinski definition) is 2. The average molecular weight is 588 g/mol. The van der Waals surface area contributed by atoms with E-state index in [1.165, 1.54) is 43.2 Å². The SMILES string of the molecule is CC.Cc1ccc(CCN(CCCCC(=O)O)Cc2ccc(C(=O)O)cc2)c(OCc2ccc(C3CCCCC3)cc2)c1. The van der Waals surface area contributed by atoms with Crippen molar-refractivity contribution < 1.29 is 24.5 Å². The summed E-state index contributed by atoms with van der Waals surface area (Å²) < 4.78 is 6.36. The molecule has 1 saturated carbocycles. The van der Waals surface area contributed by atoms with Gasteiger partial charge in [-0.05, 0) is 97.5 Å². The Morgan fingerprint density at radius 1 is 0.837 bits per heavy atom. The molecule has 3 aromatic carbocycles. The lowest BCUT2D eigenvalue weighted by atomic mass is 9.84. The predicted octanol–water partition coefficient (Wildman–Crippen LogP) is 8.65. The largest absolute Gasteiger partial charge is 0.489 e. The molecule has 0 radical (unpaired) electrons. The minimum Gasteiger partial charge on any atom is -0.489 e. The Morgan fingerprint density at radius 2 is 1.51 bits per heavy atom. The summed E-state index contributed by atoms with van der Waals surface area (Å²) in [6, 6.07) is 22.3. The molecule has 0 amide bonds. The normalized spacial score (nSPS) is 13.3. The molecule has 0 spiro atoms. The van der Waals surface area contributed by atoms with E-state index in [4.69, 9.17) is 9.84 Å². The number of aryl methyl sites for hydroxylation is 1. The minimum atomic E-state index is -0.936. The number of carboxylic acid groups (broad SMARTS) is 2. The van der Waals surface area contributed by atoms with E-state index in [0.717, 1.165) is 48.4 Å². The van der Waals surface area contributed by atoms with Crippen LogP contribution in [0, 0.1) is 6.92 Å². The lowest BCUT2D eigenvalue weighted by molar-refractivity contribution is -0.137. The first-order chi connectivity index (χ1) is 20.9. The molecule has 0 unspecified atom stereocenters. The van der Waals surface area contributed by atoms with Crippen LogP contribution in [0.25, 0.3) is 0 Å². The fraction of sp³-hybridized carbons (Fsp3) is 0.459. The number of aliphatic carboxylic acids is 1. The van der Waals surface area contributed by atoms with Gasteiger partial charge in [0.05, 0.1) is 5.56 Å². The number of nitrogens with zero attached hydrogens (tertiary/aromatic N) is 1. The summed E-state index contributed by atoms with van der Waals surface area (Å²) in [6.45, 7) is 8.82. The summed E-state index contributed by atoms with van der Waals surface area (Å²) in [5.41, 5.74) is 6.22. The first-order valence-electron chi connectivity index (χ1n) is 15.9. The van der Waals surface area contributed by atoms with Gasteiger partial charge in [-0.3, -0.25) is 9.69 Å². The number of rotatable bonds is 15. The number of carboxylic acids is 2. The quantitative estimate of drug-likeness (QED) is 0.173. The molecule has 1 fully saturated rings. The third kappa shape index (κ3) is 11.5. The van der Waals surface area contributed by atoms with Gasteiger partial charge in [0.25, 0.3) is 0 Å². The molecule has 1 aliphatic rings. The molecule has 0 saturated heterocycles. The van der Waals surface area contributed by atoms with Crippen molar-refractivity contribution in [3.05, 3.63) is 100 Å². The molecule has 43 heavy (non-hydrogen) atoms. The predicted molar refractivity (Wildman–Crippen MR) is 173 cm³/mol. The molecule has 1 aliphatic carbocycles. The molecule has 0 aliphatic heterocycles. The van der Waals surface area contributed by atoms with E-state index in [9.17, 15) is 14.7 Å². The molecule has 3 aromatic rings. The molecule has 0 aromatic heterocycles. The zero-order chi connectivity index (χ0) is 31.0. The maximum Gasteiger partial charge on any atom is 0.335 e. The van der Waals surface area contributed by atoms with Gasteiger partial charge in [-0.2, -0.15) is 0 Å². The highest BCUT2D eigenvalue weighted by atomic mass is 16.5. The first-order valence-corrected chi connectivity index (χ1v) is 15.9. The highest BCUT2D eigenvalue weighted by Crippen LogP contribution is 2.32. The Labute approximate surface area is 257 Å². The number of benzene rings is 3. The molecular weight excluding hydrogens is 538 g/mol. The van der Waals surface area contributed by atoms with Gasteiger partial charge in [0.1, 0.15) is 12.4 Å². The van der Waals surface area contributed by atoms with Crippen LogP contribution in [0.15, 0.2) is 66.7 Å². The zero-order valence-electron chi connectivity index (χ0n) is 26.2. The molecule has 0 atom stereocenters. The zero-order valence-corrected chi connectivity index (χ0v) is 26.2. The Balaban J connectivity index is 0.00000248. The maximum absolute atomic E-state index is 11.2. The lowest BCUT2D eigenvalue weighted by Gasteiger charge is -2.23. The fourth-order valence-corrected chi connectivity index (χ4v) is 5.66. The highest BCUT2D eigenvalue weighted by Gasteiger charge is 2.16. The maximum atomic E-state index is 11.2. The van der Waals surface area contributed by atoms with E-state index in [1.54, 1.807) is 12.1 Å². The van der Waals surface area contributed by atoms with Gasteiger partial charge in [0.2, 0.25) is 0 Å². The highest BCUT2D eigenvalue weighted by molar-refractivity contribution is 5.87. The number of hydrogen-bond acceptors (Lipinski definition) is 4. The standard InChI is InChI=1S/C35H43NO5.C2H6/c1-26-10-15-31(33(23-26)41-25-28-13-16-30(17-14-28)29-7-3-2-4-8-29)20-22-36(21-6-5-9-34(37)38)24-27-11-18-32(19-12-27)35(39)40;1-2/h10-19,23,29H,2-9,20-22,24-25H2,1H3,(H,37,38)(H,39,40);1-2H3. The molecular formula is C37H49NO5. The Bertz CT molecular complexity index is 1260. The van der Waals surface area contributed by atoms with E-state index in [2.05, 4.69) is 54.3 Å². The lowest BCUT2D eigenvalue weighted by Crippen LogP contribution is -2.27. The molecule has 0 heterocycles. The first kappa shape index (κ1) is 33.9. The topological polar surface area (TPSA) is 87.1 Å². The second kappa shape index (κ2) is 18.1.